The highest BCUT2D eigenvalue weighted by Gasteiger charge is 2.32. The van der Waals surface area contributed by atoms with Crippen LogP contribution < -0.4 is 10.6 Å². The molecule has 2 atom stereocenters. The average Bonchev–Trinajstić information content (AvgIpc) is 2.84. The minimum Gasteiger partial charge on any atom is -0.475 e. The van der Waals surface area contributed by atoms with Crippen molar-refractivity contribution in [1.29, 1.82) is 0 Å². The highest BCUT2D eigenvalue weighted by molar-refractivity contribution is 5.84. The Kier molecular flexibility index (Phi) is 3.55. The first-order valence-electron chi connectivity index (χ1n) is 5.90. The van der Waals surface area contributed by atoms with E-state index in [1.54, 1.807) is 0 Å². The van der Waals surface area contributed by atoms with Crippen molar-refractivity contribution in [2.45, 2.75) is 19.9 Å². The van der Waals surface area contributed by atoms with Gasteiger partial charge in [-0.2, -0.15) is 0 Å². The number of urea groups is 1. The zero-order chi connectivity index (χ0) is 13.1. The Bertz CT molecular complexity index is 455. The highest BCUT2D eigenvalue weighted by atomic mass is 16.4. The van der Waals surface area contributed by atoms with E-state index in [1.807, 2.05) is 0 Å². The van der Waals surface area contributed by atoms with Crippen LogP contribution >= 0.6 is 0 Å². The summed E-state index contributed by atoms with van der Waals surface area (Å²) in [5.41, 5.74) is 0. The molecule has 2 rings (SSSR count). The molecule has 6 nitrogen and oxygen atoms in total. The summed E-state index contributed by atoms with van der Waals surface area (Å²) < 4.78 is 5.01. The van der Waals surface area contributed by atoms with Gasteiger partial charge in [-0.1, -0.05) is 6.92 Å². The van der Waals surface area contributed by atoms with Crippen molar-refractivity contribution < 1.29 is 19.1 Å². The summed E-state index contributed by atoms with van der Waals surface area (Å²) in [5.74, 6) is 0.473. The highest BCUT2D eigenvalue weighted by Crippen LogP contribution is 2.36. The number of aromatic carboxylic acids is 1. The van der Waals surface area contributed by atoms with Gasteiger partial charge in [-0.05, 0) is 30.4 Å². The van der Waals surface area contributed by atoms with Crippen LogP contribution in [0.2, 0.25) is 0 Å². The standard InChI is InChI=1S/C12H16N2O4/c1-7-4-8(7)5-13-12(17)14-6-9-2-3-10(18-9)11(15)16/h2-3,7-8H,4-6H2,1H3,(H,15,16)(H2,13,14,17). The lowest BCUT2D eigenvalue weighted by Crippen LogP contribution is -2.36. The van der Waals surface area contributed by atoms with Gasteiger partial charge in [-0.15, -0.1) is 0 Å². The van der Waals surface area contributed by atoms with E-state index in [1.165, 1.54) is 18.6 Å². The topological polar surface area (TPSA) is 91.6 Å². The van der Waals surface area contributed by atoms with Gasteiger partial charge >= 0.3 is 12.0 Å². The van der Waals surface area contributed by atoms with Gasteiger partial charge in [0.05, 0.1) is 6.54 Å². The maximum atomic E-state index is 11.4. The molecular formula is C12H16N2O4. The average molecular weight is 252 g/mol. The SMILES string of the molecule is CC1CC1CNC(=O)NCc1ccc(C(=O)O)o1. The number of hydrogen-bond acceptors (Lipinski definition) is 3. The van der Waals surface area contributed by atoms with E-state index in [2.05, 4.69) is 17.6 Å². The van der Waals surface area contributed by atoms with Gasteiger partial charge in [0.1, 0.15) is 5.76 Å². The molecule has 1 aliphatic carbocycles. The Balaban J connectivity index is 1.69. The number of carboxylic acids is 1. The van der Waals surface area contributed by atoms with Crippen LogP contribution in [0.3, 0.4) is 0 Å². The Morgan fingerprint density at radius 1 is 1.44 bits per heavy atom. The molecule has 2 unspecified atom stereocenters. The first kappa shape index (κ1) is 12.5. The molecule has 2 amide bonds. The van der Waals surface area contributed by atoms with Crippen LogP contribution in [0.1, 0.15) is 29.7 Å². The second kappa shape index (κ2) is 5.12. The molecule has 1 aromatic rings. The summed E-state index contributed by atoms with van der Waals surface area (Å²) in [6, 6.07) is 2.64. The summed E-state index contributed by atoms with van der Waals surface area (Å²) in [7, 11) is 0. The van der Waals surface area contributed by atoms with Crippen LogP contribution in [-0.2, 0) is 6.54 Å². The van der Waals surface area contributed by atoms with Gasteiger partial charge < -0.3 is 20.2 Å². The van der Waals surface area contributed by atoms with E-state index in [0.717, 1.165) is 0 Å². The Labute approximate surface area is 104 Å². The maximum Gasteiger partial charge on any atom is 0.371 e. The van der Waals surface area contributed by atoms with E-state index in [4.69, 9.17) is 9.52 Å². The molecule has 1 aliphatic rings. The first-order valence-corrected chi connectivity index (χ1v) is 5.90. The minimum absolute atomic E-state index is 0.126. The van der Waals surface area contributed by atoms with Crippen LogP contribution in [0.25, 0.3) is 0 Å². The fraction of sp³-hybridized carbons (Fsp3) is 0.500. The van der Waals surface area contributed by atoms with Crippen LogP contribution in [0.5, 0.6) is 0 Å². The van der Waals surface area contributed by atoms with Crippen LogP contribution in [-0.4, -0.2) is 23.7 Å². The molecule has 0 spiro atoms. The summed E-state index contributed by atoms with van der Waals surface area (Å²) in [6.45, 7) is 3.02. The third-order valence-electron chi connectivity index (χ3n) is 3.10. The molecule has 0 radical (unpaired) electrons. The third-order valence-corrected chi connectivity index (χ3v) is 3.10. The second-order valence-electron chi connectivity index (χ2n) is 4.61. The number of carbonyl (C=O) groups excluding carboxylic acids is 1. The number of furan rings is 1. The molecule has 0 aliphatic heterocycles. The smallest absolute Gasteiger partial charge is 0.371 e. The van der Waals surface area contributed by atoms with Gasteiger partial charge in [0.25, 0.3) is 0 Å². The second-order valence-corrected chi connectivity index (χ2v) is 4.61. The fourth-order valence-electron chi connectivity index (χ4n) is 1.73. The molecule has 1 aromatic heterocycles. The molecular weight excluding hydrogens is 236 g/mol. The Morgan fingerprint density at radius 3 is 2.72 bits per heavy atom. The molecule has 1 fully saturated rings. The molecule has 98 valence electrons. The molecule has 3 N–H and O–H groups in total. The molecule has 1 saturated carbocycles. The zero-order valence-electron chi connectivity index (χ0n) is 10.1. The number of carbonyl (C=O) groups is 2. The van der Waals surface area contributed by atoms with Gasteiger partial charge in [0.2, 0.25) is 5.76 Å². The van der Waals surface area contributed by atoms with Crippen LogP contribution in [0.4, 0.5) is 4.79 Å². The normalized spacial score (nSPS) is 21.4. The van der Waals surface area contributed by atoms with Crippen molar-refractivity contribution in [3.05, 3.63) is 23.7 Å². The van der Waals surface area contributed by atoms with Crippen molar-refractivity contribution >= 4 is 12.0 Å². The Hall–Kier alpha value is -1.98. The number of hydrogen-bond donors (Lipinski definition) is 3. The molecule has 6 heteroatoms. The van der Waals surface area contributed by atoms with Gasteiger partial charge in [0, 0.05) is 6.54 Å². The van der Waals surface area contributed by atoms with Gasteiger partial charge in [-0.3, -0.25) is 0 Å². The predicted molar refractivity (Wildman–Crippen MR) is 63.2 cm³/mol. The number of carboxylic acid groups (broad SMARTS) is 1. The summed E-state index contributed by atoms with van der Waals surface area (Å²) in [6.07, 6.45) is 1.17. The van der Waals surface area contributed by atoms with E-state index >= 15 is 0 Å². The number of amides is 2. The van der Waals surface area contributed by atoms with Crippen LogP contribution in [0.15, 0.2) is 16.5 Å². The Morgan fingerprint density at radius 2 is 2.17 bits per heavy atom. The van der Waals surface area contributed by atoms with Crippen molar-refractivity contribution in [1.82, 2.24) is 10.6 Å². The predicted octanol–water partition coefficient (Wildman–Crippen LogP) is 1.43. The maximum absolute atomic E-state index is 11.4. The zero-order valence-corrected chi connectivity index (χ0v) is 10.1. The fourth-order valence-corrected chi connectivity index (χ4v) is 1.73. The lowest BCUT2D eigenvalue weighted by Gasteiger charge is -2.05. The van der Waals surface area contributed by atoms with Crippen LogP contribution in [0, 0.1) is 11.8 Å². The summed E-state index contributed by atoms with van der Waals surface area (Å²) in [4.78, 5) is 22.0. The largest absolute Gasteiger partial charge is 0.475 e. The van der Waals surface area contributed by atoms with E-state index in [9.17, 15) is 9.59 Å². The number of nitrogens with one attached hydrogen (secondary N) is 2. The van der Waals surface area contributed by atoms with Crippen molar-refractivity contribution in [3.8, 4) is 0 Å². The quantitative estimate of drug-likeness (QED) is 0.739. The van der Waals surface area contributed by atoms with Crippen molar-refractivity contribution in [2.24, 2.45) is 11.8 Å². The monoisotopic (exact) mass is 252 g/mol. The van der Waals surface area contributed by atoms with E-state index < -0.39 is 5.97 Å². The minimum atomic E-state index is -1.12. The number of rotatable bonds is 5. The van der Waals surface area contributed by atoms with Crippen molar-refractivity contribution in [2.75, 3.05) is 6.54 Å². The third kappa shape index (κ3) is 3.26. The van der Waals surface area contributed by atoms with Gasteiger partial charge in [0.15, 0.2) is 0 Å². The molecule has 1 heterocycles. The molecule has 0 aromatic carbocycles. The summed E-state index contributed by atoms with van der Waals surface area (Å²) in [5, 5.41) is 14.0. The van der Waals surface area contributed by atoms with Crippen molar-refractivity contribution in [3.63, 3.8) is 0 Å². The van der Waals surface area contributed by atoms with E-state index in [0.29, 0.717) is 24.1 Å². The molecule has 0 bridgehead atoms. The molecule has 0 saturated heterocycles. The summed E-state index contributed by atoms with van der Waals surface area (Å²) >= 11 is 0. The lowest BCUT2D eigenvalue weighted by molar-refractivity contribution is 0.0660. The first-order chi connectivity index (χ1) is 8.56. The van der Waals surface area contributed by atoms with Gasteiger partial charge in [-0.25, -0.2) is 9.59 Å². The lowest BCUT2D eigenvalue weighted by atomic mass is 10.3. The molecule has 18 heavy (non-hydrogen) atoms. The van der Waals surface area contributed by atoms with E-state index in [-0.39, 0.29) is 18.3 Å².